The van der Waals surface area contributed by atoms with Crippen LogP contribution in [0.2, 0.25) is 0 Å². The van der Waals surface area contributed by atoms with Crippen LogP contribution in [0.25, 0.3) is 0 Å². The molecule has 0 saturated carbocycles. The molecule has 0 aromatic heterocycles. The second-order valence-electron chi connectivity index (χ2n) is 6.72. The molecule has 0 radical (unpaired) electrons. The number of allylic oxidation sites excluding steroid dienone is 1. The summed E-state index contributed by atoms with van der Waals surface area (Å²) in [5.41, 5.74) is 1.27. The van der Waals surface area contributed by atoms with Crippen molar-refractivity contribution >= 4 is 5.96 Å². The van der Waals surface area contributed by atoms with Crippen molar-refractivity contribution in [2.24, 2.45) is 4.99 Å². The van der Waals surface area contributed by atoms with Gasteiger partial charge in [-0.1, -0.05) is 18.2 Å². The first-order chi connectivity index (χ1) is 13.2. The van der Waals surface area contributed by atoms with Gasteiger partial charge in [-0.3, -0.25) is 9.89 Å². The van der Waals surface area contributed by atoms with E-state index in [9.17, 15) is 0 Å². The molecule has 1 fully saturated rings. The van der Waals surface area contributed by atoms with E-state index >= 15 is 0 Å². The van der Waals surface area contributed by atoms with E-state index in [1.165, 1.54) is 5.56 Å². The van der Waals surface area contributed by atoms with E-state index in [0.29, 0.717) is 0 Å². The third kappa shape index (κ3) is 6.56. The minimum Gasteiger partial charge on any atom is -0.497 e. The van der Waals surface area contributed by atoms with Crippen LogP contribution in [0, 0.1) is 0 Å². The fourth-order valence-corrected chi connectivity index (χ4v) is 3.32. The number of methoxy groups -OCH3 is 1. The van der Waals surface area contributed by atoms with Crippen LogP contribution in [0.1, 0.15) is 24.4 Å². The molecule has 1 aliphatic heterocycles. The fourth-order valence-electron chi connectivity index (χ4n) is 3.32. The van der Waals surface area contributed by atoms with Crippen molar-refractivity contribution in [3.05, 3.63) is 42.5 Å². The highest BCUT2D eigenvalue weighted by Gasteiger charge is 2.23. The molecule has 0 bridgehead atoms. The van der Waals surface area contributed by atoms with Crippen LogP contribution in [0.5, 0.6) is 5.75 Å². The highest BCUT2D eigenvalue weighted by atomic mass is 16.5. The van der Waals surface area contributed by atoms with Crippen molar-refractivity contribution in [1.29, 1.82) is 0 Å². The van der Waals surface area contributed by atoms with Crippen LogP contribution < -0.4 is 10.1 Å². The lowest BCUT2D eigenvalue weighted by molar-refractivity contribution is 0.0169. The Labute approximate surface area is 163 Å². The van der Waals surface area contributed by atoms with Crippen molar-refractivity contribution < 1.29 is 9.47 Å². The van der Waals surface area contributed by atoms with E-state index in [-0.39, 0.29) is 6.04 Å². The number of hydrogen-bond donors (Lipinski definition) is 1. The lowest BCUT2D eigenvalue weighted by Gasteiger charge is -2.35. The van der Waals surface area contributed by atoms with E-state index in [0.717, 1.165) is 63.9 Å². The van der Waals surface area contributed by atoms with Gasteiger partial charge >= 0.3 is 0 Å². The molecule has 1 unspecified atom stereocenters. The molecule has 0 spiro atoms. The SMILES string of the molecule is C=CCCCN(C)C(=NC)NCC(c1ccc(OC)cc1)N1CCOCC1. The Kier molecular flexibility index (Phi) is 9.15. The monoisotopic (exact) mass is 374 g/mol. The number of nitrogens with zero attached hydrogens (tertiary/aromatic N) is 3. The summed E-state index contributed by atoms with van der Waals surface area (Å²) >= 11 is 0. The molecule has 6 nitrogen and oxygen atoms in total. The van der Waals surface area contributed by atoms with Crippen LogP contribution in [0.15, 0.2) is 41.9 Å². The van der Waals surface area contributed by atoms with Crippen LogP contribution in [-0.4, -0.2) is 76.4 Å². The predicted molar refractivity (Wildman–Crippen MR) is 112 cm³/mol. The molecule has 2 rings (SSSR count). The normalized spacial score (nSPS) is 16.6. The average molecular weight is 375 g/mol. The smallest absolute Gasteiger partial charge is 0.193 e. The molecular formula is C21H34N4O2. The minimum absolute atomic E-state index is 0.262. The molecule has 1 aliphatic rings. The molecular weight excluding hydrogens is 340 g/mol. The van der Waals surface area contributed by atoms with E-state index in [1.807, 2.05) is 25.3 Å². The van der Waals surface area contributed by atoms with Crippen molar-refractivity contribution in [3.63, 3.8) is 0 Å². The number of rotatable bonds is 9. The number of guanidine groups is 1. The van der Waals surface area contributed by atoms with Crippen molar-refractivity contribution in [2.45, 2.75) is 18.9 Å². The van der Waals surface area contributed by atoms with Crippen LogP contribution >= 0.6 is 0 Å². The van der Waals surface area contributed by atoms with Gasteiger partial charge in [-0.05, 0) is 30.5 Å². The van der Waals surface area contributed by atoms with Gasteiger partial charge in [-0.25, -0.2) is 0 Å². The molecule has 1 N–H and O–H groups in total. The highest BCUT2D eigenvalue weighted by molar-refractivity contribution is 5.79. The van der Waals surface area contributed by atoms with Crippen molar-refractivity contribution in [2.75, 3.05) is 60.6 Å². The predicted octanol–water partition coefficient (Wildman–Crippen LogP) is 2.54. The van der Waals surface area contributed by atoms with Gasteiger partial charge < -0.3 is 19.7 Å². The summed E-state index contributed by atoms with van der Waals surface area (Å²) in [6.45, 7) is 8.98. The molecule has 150 valence electrons. The Bertz CT molecular complexity index is 582. The minimum atomic E-state index is 0.262. The number of benzene rings is 1. The lowest BCUT2D eigenvalue weighted by atomic mass is 10.0. The number of hydrogen-bond acceptors (Lipinski definition) is 4. The Morgan fingerprint density at radius 1 is 1.37 bits per heavy atom. The fraction of sp³-hybridized carbons (Fsp3) is 0.571. The third-order valence-electron chi connectivity index (χ3n) is 4.92. The molecule has 0 amide bonds. The number of unbranched alkanes of at least 4 members (excludes halogenated alkanes) is 1. The topological polar surface area (TPSA) is 49.3 Å². The maximum Gasteiger partial charge on any atom is 0.193 e. The number of nitrogens with one attached hydrogen (secondary N) is 1. The zero-order chi connectivity index (χ0) is 19.5. The summed E-state index contributed by atoms with van der Waals surface area (Å²) in [4.78, 5) is 9.10. The van der Waals surface area contributed by atoms with Crippen molar-refractivity contribution in [3.8, 4) is 5.75 Å². The van der Waals surface area contributed by atoms with E-state index in [1.54, 1.807) is 7.11 Å². The largest absolute Gasteiger partial charge is 0.497 e. The lowest BCUT2D eigenvalue weighted by Crippen LogP contribution is -2.46. The van der Waals surface area contributed by atoms with Gasteiger partial charge in [-0.15, -0.1) is 6.58 Å². The molecule has 1 atom stereocenters. The number of ether oxygens (including phenoxy) is 2. The van der Waals surface area contributed by atoms with E-state index in [2.05, 4.69) is 45.9 Å². The van der Waals surface area contributed by atoms with Crippen LogP contribution in [-0.2, 0) is 4.74 Å². The van der Waals surface area contributed by atoms with Gasteiger partial charge in [0.15, 0.2) is 5.96 Å². The Morgan fingerprint density at radius 3 is 2.67 bits per heavy atom. The van der Waals surface area contributed by atoms with Crippen LogP contribution in [0.4, 0.5) is 0 Å². The third-order valence-corrected chi connectivity index (χ3v) is 4.92. The Balaban J connectivity index is 2.05. The molecule has 27 heavy (non-hydrogen) atoms. The maximum absolute atomic E-state index is 5.54. The van der Waals surface area contributed by atoms with Crippen LogP contribution in [0.3, 0.4) is 0 Å². The summed E-state index contributed by atoms with van der Waals surface area (Å²) in [6.07, 6.45) is 4.05. The zero-order valence-corrected chi connectivity index (χ0v) is 17.0. The second kappa shape index (κ2) is 11.6. The molecule has 1 saturated heterocycles. The van der Waals surface area contributed by atoms with Gasteiger partial charge in [0.05, 0.1) is 26.4 Å². The first-order valence-electron chi connectivity index (χ1n) is 9.68. The average Bonchev–Trinajstić information content (AvgIpc) is 2.72. The standard InChI is InChI=1S/C21H34N4O2/c1-5-6-7-12-24(3)21(22-2)23-17-20(25-13-15-27-16-14-25)18-8-10-19(26-4)11-9-18/h5,8-11,20H,1,6-7,12-17H2,2-4H3,(H,22,23). The second-order valence-corrected chi connectivity index (χ2v) is 6.72. The summed E-state index contributed by atoms with van der Waals surface area (Å²) < 4.78 is 10.8. The quantitative estimate of drug-likeness (QED) is 0.312. The molecule has 1 aromatic rings. The molecule has 1 heterocycles. The van der Waals surface area contributed by atoms with Crippen molar-refractivity contribution in [1.82, 2.24) is 15.1 Å². The number of aliphatic imine (C=N–C) groups is 1. The molecule has 0 aliphatic carbocycles. The van der Waals surface area contributed by atoms with E-state index in [4.69, 9.17) is 9.47 Å². The first-order valence-corrected chi connectivity index (χ1v) is 9.68. The Morgan fingerprint density at radius 2 is 2.07 bits per heavy atom. The van der Waals surface area contributed by atoms with Gasteiger partial charge in [-0.2, -0.15) is 0 Å². The zero-order valence-electron chi connectivity index (χ0n) is 17.0. The van der Waals surface area contributed by atoms with Gasteiger partial charge in [0, 0.05) is 40.3 Å². The van der Waals surface area contributed by atoms with E-state index < -0.39 is 0 Å². The summed E-state index contributed by atoms with van der Waals surface area (Å²) in [6, 6.07) is 8.62. The molecule has 6 heteroatoms. The number of morpholine rings is 1. The molecule has 1 aromatic carbocycles. The Hall–Kier alpha value is -2.05. The highest BCUT2D eigenvalue weighted by Crippen LogP contribution is 2.23. The van der Waals surface area contributed by atoms with Gasteiger partial charge in [0.1, 0.15) is 5.75 Å². The summed E-state index contributed by atoms with van der Waals surface area (Å²) in [7, 11) is 5.61. The summed E-state index contributed by atoms with van der Waals surface area (Å²) in [5, 5.41) is 3.56. The van der Waals surface area contributed by atoms with Gasteiger partial charge in [0.25, 0.3) is 0 Å². The first kappa shape index (κ1) is 21.3. The summed E-state index contributed by atoms with van der Waals surface area (Å²) in [5.74, 6) is 1.80. The maximum atomic E-state index is 5.54. The van der Waals surface area contributed by atoms with Gasteiger partial charge in [0.2, 0.25) is 0 Å².